The van der Waals surface area contributed by atoms with Crippen LogP contribution in [0.3, 0.4) is 0 Å². The number of anilines is 1. The zero-order chi connectivity index (χ0) is 27.8. The lowest BCUT2D eigenvalue weighted by Gasteiger charge is -2.13. The fourth-order valence-corrected chi connectivity index (χ4v) is 4.29. The summed E-state index contributed by atoms with van der Waals surface area (Å²) < 4.78 is 24.6. The smallest absolute Gasteiger partial charge is 0.262 e. The van der Waals surface area contributed by atoms with E-state index in [4.69, 9.17) is 9.47 Å². The number of amides is 2. The van der Waals surface area contributed by atoms with E-state index in [2.05, 4.69) is 31.5 Å². The molecule has 1 heterocycles. The lowest BCUT2D eigenvalue weighted by Crippen LogP contribution is -2.26. The number of nitrogens with zero attached hydrogens (tertiary/aromatic N) is 1. The Labute approximate surface area is 232 Å². The second-order valence-electron chi connectivity index (χ2n) is 8.40. The zero-order valence-electron chi connectivity index (χ0n) is 20.9. The summed E-state index contributed by atoms with van der Waals surface area (Å²) in [5.74, 6) is -0.773. The number of hydrogen-bond acceptors (Lipinski definition) is 5. The van der Waals surface area contributed by atoms with Crippen molar-refractivity contribution in [3.8, 4) is 17.6 Å². The van der Waals surface area contributed by atoms with Crippen LogP contribution in [0.2, 0.25) is 0 Å². The van der Waals surface area contributed by atoms with Gasteiger partial charge in [0.25, 0.3) is 11.8 Å². The normalized spacial score (nSPS) is 11.1. The summed E-state index contributed by atoms with van der Waals surface area (Å²) in [6.07, 6.45) is 3.96. The Morgan fingerprint density at radius 1 is 1.13 bits per heavy atom. The molecular weight excluding hydrogens is 567 g/mol. The molecule has 39 heavy (non-hydrogen) atoms. The summed E-state index contributed by atoms with van der Waals surface area (Å²) in [6.45, 7) is 0.0363. The SMILES string of the molecule is COc1cc(/C=C(/C#N)C(=O)NCCc2c[nH]c3ccccc23)c(Br)cc1OCC(=O)Nc1ccc(F)cc1. The highest BCUT2D eigenvalue weighted by Gasteiger charge is 2.15. The number of carbonyl (C=O) groups excluding carboxylic acids is 2. The number of rotatable bonds is 10. The van der Waals surface area contributed by atoms with Gasteiger partial charge in [0.15, 0.2) is 18.1 Å². The molecule has 1 aromatic heterocycles. The number of hydrogen-bond donors (Lipinski definition) is 3. The molecule has 4 rings (SSSR count). The Morgan fingerprint density at radius 3 is 2.64 bits per heavy atom. The maximum atomic E-state index is 13.0. The molecule has 8 nitrogen and oxygen atoms in total. The van der Waals surface area contributed by atoms with Crippen molar-refractivity contribution in [3.05, 3.63) is 93.9 Å². The van der Waals surface area contributed by atoms with Crippen molar-refractivity contribution in [2.24, 2.45) is 0 Å². The van der Waals surface area contributed by atoms with E-state index in [9.17, 15) is 19.2 Å². The lowest BCUT2D eigenvalue weighted by molar-refractivity contribution is -0.118. The molecule has 0 unspecified atom stereocenters. The number of nitriles is 1. The molecule has 0 aliphatic rings. The van der Waals surface area contributed by atoms with Crippen molar-refractivity contribution in [1.82, 2.24) is 10.3 Å². The molecule has 10 heteroatoms. The van der Waals surface area contributed by atoms with Crippen LogP contribution in [0.4, 0.5) is 10.1 Å². The predicted octanol–water partition coefficient (Wildman–Crippen LogP) is 5.36. The summed E-state index contributed by atoms with van der Waals surface area (Å²) >= 11 is 3.43. The average molecular weight is 591 g/mol. The van der Waals surface area contributed by atoms with Crippen LogP contribution in [0.1, 0.15) is 11.1 Å². The van der Waals surface area contributed by atoms with Gasteiger partial charge in [0.1, 0.15) is 17.5 Å². The fraction of sp³-hybridized carbons (Fsp3) is 0.138. The van der Waals surface area contributed by atoms with E-state index in [0.29, 0.717) is 34.4 Å². The van der Waals surface area contributed by atoms with Crippen molar-refractivity contribution in [2.45, 2.75) is 6.42 Å². The van der Waals surface area contributed by atoms with E-state index >= 15 is 0 Å². The summed E-state index contributed by atoms with van der Waals surface area (Å²) in [6, 6.07) is 18.4. The minimum absolute atomic E-state index is 0.0796. The summed E-state index contributed by atoms with van der Waals surface area (Å²) in [4.78, 5) is 28.1. The largest absolute Gasteiger partial charge is 0.493 e. The number of halogens is 2. The summed E-state index contributed by atoms with van der Waals surface area (Å²) in [5.41, 5.74) is 2.96. The Kier molecular flexibility index (Phi) is 8.97. The van der Waals surface area contributed by atoms with E-state index in [1.807, 2.05) is 36.5 Å². The first-order valence-corrected chi connectivity index (χ1v) is 12.7. The molecule has 3 aromatic carbocycles. The van der Waals surface area contributed by atoms with Gasteiger partial charge in [-0.2, -0.15) is 5.26 Å². The molecule has 0 aliphatic heterocycles. The van der Waals surface area contributed by atoms with Gasteiger partial charge in [-0.15, -0.1) is 0 Å². The van der Waals surface area contributed by atoms with Gasteiger partial charge < -0.3 is 25.1 Å². The molecule has 0 bridgehead atoms. The van der Waals surface area contributed by atoms with Crippen LogP contribution in [0.15, 0.2) is 76.9 Å². The second-order valence-corrected chi connectivity index (χ2v) is 9.26. The van der Waals surface area contributed by atoms with Gasteiger partial charge >= 0.3 is 0 Å². The highest BCUT2D eigenvalue weighted by molar-refractivity contribution is 9.10. The summed E-state index contributed by atoms with van der Waals surface area (Å²) in [5, 5.41) is 16.1. The molecule has 0 aliphatic carbocycles. The van der Waals surface area contributed by atoms with Crippen LogP contribution in [-0.2, 0) is 16.0 Å². The van der Waals surface area contributed by atoms with Gasteiger partial charge in [-0.05, 0) is 66.1 Å². The van der Waals surface area contributed by atoms with E-state index in [1.54, 1.807) is 12.1 Å². The van der Waals surface area contributed by atoms with Gasteiger partial charge in [-0.1, -0.05) is 34.1 Å². The average Bonchev–Trinajstić information content (AvgIpc) is 3.35. The second kappa shape index (κ2) is 12.8. The minimum atomic E-state index is -0.499. The number of aromatic amines is 1. The van der Waals surface area contributed by atoms with Crippen LogP contribution >= 0.6 is 15.9 Å². The van der Waals surface area contributed by atoms with Crippen molar-refractivity contribution in [3.63, 3.8) is 0 Å². The minimum Gasteiger partial charge on any atom is -0.493 e. The Balaban J connectivity index is 1.39. The molecular formula is C29H24BrFN4O4. The number of methoxy groups -OCH3 is 1. The number of H-pyrrole nitrogens is 1. The van der Waals surface area contributed by atoms with E-state index in [-0.39, 0.29) is 17.9 Å². The van der Waals surface area contributed by atoms with Crippen LogP contribution in [0, 0.1) is 17.1 Å². The monoisotopic (exact) mass is 590 g/mol. The van der Waals surface area contributed by atoms with Crippen LogP contribution in [-0.4, -0.2) is 37.1 Å². The third-order valence-corrected chi connectivity index (χ3v) is 6.48. The number of para-hydroxylation sites is 1. The van der Waals surface area contributed by atoms with E-state index < -0.39 is 17.6 Å². The molecule has 0 spiro atoms. The summed E-state index contributed by atoms with van der Waals surface area (Å²) in [7, 11) is 1.44. The van der Waals surface area contributed by atoms with E-state index in [1.165, 1.54) is 37.5 Å². The molecule has 0 fully saturated rings. The molecule has 3 N–H and O–H groups in total. The highest BCUT2D eigenvalue weighted by Crippen LogP contribution is 2.34. The number of carbonyl (C=O) groups is 2. The Bertz CT molecular complexity index is 1570. The van der Waals surface area contributed by atoms with Gasteiger partial charge in [0.2, 0.25) is 0 Å². The first kappa shape index (κ1) is 27.4. The molecule has 0 saturated heterocycles. The van der Waals surface area contributed by atoms with Crippen LogP contribution < -0.4 is 20.1 Å². The van der Waals surface area contributed by atoms with Crippen molar-refractivity contribution < 1.29 is 23.5 Å². The zero-order valence-corrected chi connectivity index (χ0v) is 22.5. The fourth-order valence-electron chi connectivity index (χ4n) is 3.86. The maximum Gasteiger partial charge on any atom is 0.262 e. The first-order valence-electron chi connectivity index (χ1n) is 11.9. The molecule has 198 valence electrons. The number of nitrogens with one attached hydrogen (secondary N) is 3. The molecule has 0 radical (unpaired) electrons. The number of fused-ring (bicyclic) bond motifs is 1. The topological polar surface area (TPSA) is 116 Å². The molecule has 0 atom stereocenters. The number of benzene rings is 3. The molecule has 2 amide bonds. The van der Waals surface area contributed by atoms with Gasteiger partial charge in [0.05, 0.1) is 7.11 Å². The molecule has 4 aromatic rings. The molecule has 0 saturated carbocycles. The Morgan fingerprint density at radius 2 is 1.90 bits per heavy atom. The number of aromatic nitrogens is 1. The van der Waals surface area contributed by atoms with Crippen molar-refractivity contribution in [1.29, 1.82) is 5.26 Å². The maximum absolute atomic E-state index is 13.0. The Hall–Kier alpha value is -4.62. The van der Waals surface area contributed by atoms with Crippen molar-refractivity contribution in [2.75, 3.05) is 25.6 Å². The lowest BCUT2D eigenvalue weighted by atomic mass is 10.1. The van der Waals surface area contributed by atoms with Gasteiger partial charge in [-0.3, -0.25) is 9.59 Å². The first-order chi connectivity index (χ1) is 18.9. The quantitative estimate of drug-likeness (QED) is 0.170. The standard InChI is InChI=1S/C29H24BrFN4O4/c1-38-26-13-19(24(30)14-27(26)39-17-28(36)35-22-8-6-21(31)7-9-22)12-20(15-32)29(37)33-11-10-18-16-34-25-5-3-2-4-23(18)25/h2-9,12-14,16,34H,10-11,17H2,1H3,(H,33,37)(H,35,36)/b20-12-. The third kappa shape index (κ3) is 7.03. The van der Waals surface area contributed by atoms with Gasteiger partial charge in [-0.25, -0.2) is 4.39 Å². The van der Waals surface area contributed by atoms with Gasteiger partial charge in [0, 0.05) is 33.8 Å². The van der Waals surface area contributed by atoms with Crippen LogP contribution in [0.5, 0.6) is 11.5 Å². The van der Waals surface area contributed by atoms with Crippen molar-refractivity contribution >= 4 is 50.4 Å². The van der Waals surface area contributed by atoms with Crippen LogP contribution in [0.25, 0.3) is 17.0 Å². The predicted molar refractivity (Wildman–Crippen MR) is 150 cm³/mol. The highest BCUT2D eigenvalue weighted by atomic mass is 79.9. The van der Waals surface area contributed by atoms with E-state index in [0.717, 1.165) is 16.5 Å². The number of ether oxygens (including phenoxy) is 2. The third-order valence-electron chi connectivity index (χ3n) is 5.79.